The Labute approximate surface area is 250 Å². The highest BCUT2D eigenvalue weighted by Crippen LogP contribution is 2.35. The van der Waals surface area contributed by atoms with E-state index >= 15 is 0 Å². The molecule has 0 bridgehead atoms. The monoisotopic (exact) mass is 578 g/mol. The van der Waals surface area contributed by atoms with E-state index in [9.17, 15) is 14.2 Å². The van der Waals surface area contributed by atoms with Crippen molar-refractivity contribution in [1.82, 2.24) is 0 Å². The van der Waals surface area contributed by atoms with Crippen molar-refractivity contribution in [2.75, 3.05) is 13.2 Å². The molecule has 0 aromatic heterocycles. The predicted octanol–water partition coefficient (Wildman–Crippen LogP) is -0.752. The lowest BCUT2D eigenvalue weighted by Crippen LogP contribution is -2.28. The van der Waals surface area contributed by atoms with Gasteiger partial charge in [-0.1, -0.05) is 5.92 Å². The average Bonchev–Trinajstić information content (AvgIpc) is 2.97. The molecule has 0 saturated carbocycles. The third-order valence-electron chi connectivity index (χ3n) is 2.94. The highest BCUT2D eigenvalue weighted by molar-refractivity contribution is 7.46. The summed E-state index contributed by atoms with van der Waals surface area (Å²) >= 11 is 0. The van der Waals surface area contributed by atoms with Crippen molar-refractivity contribution in [3.05, 3.63) is 0 Å². The van der Waals surface area contributed by atoms with E-state index in [0.29, 0.717) is 0 Å². The van der Waals surface area contributed by atoms with E-state index in [4.69, 9.17) is 25.7 Å². The lowest BCUT2D eigenvalue weighted by Gasteiger charge is -2.16. The van der Waals surface area contributed by atoms with Crippen LogP contribution in [0.5, 0.6) is 0 Å². The van der Waals surface area contributed by atoms with Crippen molar-refractivity contribution in [1.29, 1.82) is 0 Å². The second-order valence-electron chi connectivity index (χ2n) is 5.93. The third-order valence-corrected chi connectivity index (χ3v) is 3.43. The fourth-order valence-electron chi connectivity index (χ4n) is 1.54. The average molecular weight is 578 g/mol. The van der Waals surface area contributed by atoms with Crippen LogP contribution >= 0.6 is 7.82 Å². The molecule has 0 aliphatic heterocycles. The number of hydrogen-bond donors (Lipinski definition) is 2. The molecule has 8 nitrogen and oxygen atoms in total. The molecule has 43 heavy (non-hydrogen) atoms. The molecule has 0 aliphatic rings. The van der Waals surface area contributed by atoms with Crippen molar-refractivity contribution < 1.29 is 37.9 Å². The Hall–Kier alpha value is -7.11. The zero-order valence-corrected chi connectivity index (χ0v) is 22.8. The molecule has 0 aromatic rings. The number of rotatable bonds is 6. The number of carbonyl (C=O) groups is 2. The van der Waals surface area contributed by atoms with Gasteiger partial charge in [-0.2, -0.15) is 0 Å². The van der Waals surface area contributed by atoms with Gasteiger partial charge in [0.25, 0.3) is 0 Å². The number of ether oxygens (including phenoxy) is 2. The van der Waals surface area contributed by atoms with Gasteiger partial charge in [0.15, 0.2) is 6.10 Å². The van der Waals surface area contributed by atoms with Gasteiger partial charge in [0.1, 0.15) is 6.61 Å². The maximum Gasteiger partial charge on any atom is 0.469 e. The van der Waals surface area contributed by atoms with Crippen molar-refractivity contribution in [3.63, 3.8) is 0 Å². The van der Waals surface area contributed by atoms with Gasteiger partial charge in [0.05, 0.1) is 6.61 Å². The maximum absolute atomic E-state index is 11.9. The first-order valence-corrected chi connectivity index (χ1v) is 12.3. The molecule has 0 aromatic carbocycles. The molecule has 200 valence electrons. The van der Waals surface area contributed by atoms with Gasteiger partial charge >= 0.3 is 19.8 Å². The summed E-state index contributed by atoms with van der Waals surface area (Å²) in [5.74, 6) is 60.6. The van der Waals surface area contributed by atoms with Gasteiger partial charge in [0.2, 0.25) is 0 Å². The highest BCUT2D eigenvalue weighted by atomic mass is 31.2. The molecule has 0 aliphatic carbocycles. The summed E-state index contributed by atoms with van der Waals surface area (Å²) in [5.41, 5.74) is 0. The molecule has 1 atom stereocenters. The van der Waals surface area contributed by atoms with Crippen LogP contribution in [0.25, 0.3) is 0 Å². The molecule has 0 saturated heterocycles. The lowest BCUT2D eigenvalue weighted by molar-refractivity contribution is -0.153. The van der Waals surface area contributed by atoms with E-state index in [1.165, 1.54) is 0 Å². The quantitative estimate of drug-likeness (QED) is 0.183. The maximum atomic E-state index is 11.9. The van der Waals surface area contributed by atoms with Crippen LogP contribution in [-0.4, -0.2) is 41.0 Å². The highest BCUT2D eigenvalue weighted by Gasteiger charge is 2.22. The number of hydrogen-bond acceptors (Lipinski definition) is 6. The predicted molar refractivity (Wildman–Crippen MR) is 154 cm³/mol. The number of esters is 2. The first kappa shape index (κ1) is 35.9. The van der Waals surface area contributed by atoms with Crippen molar-refractivity contribution in [3.8, 4) is 166 Å². The summed E-state index contributed by atoms with van der Waals surface area (Å²) in [4.78, 5) is 41.3. The molecule has 0 unspecified atom stereocenters. The van der Waals surface area contributed by atoms with Crippen LogP contribution in [0.2, 0.25) is 0 Å². The van der Waals surface area contributed by atoms with Gasteiger partial charge < -0.3 is 19.3 Å². The summed E-state index contributed by atoms with van der Waals surface area (Å²) in [6.45, 7) is 0.130. The minimum absolute atomic E-state index is 0.666. The van der Waals surface area contributed by atoms with E-state index in [2.05, 4.69) is 153 Å². The topological polar surface area (TPSA) is 119 Å². The van der Waals surface area contributed by atoms with Gasteiger partial charge in [-0.05, 0) is 149 Å². The Morgan fingerprint density at radius 2 is 0.977 bits per heavy atom. The summed E-state index contributed by atoms with van der Waals surface area (Å²) in [6, 6.07) is 0. The fourth-order valence-corrected chi connectivity index (χ4v) is 1.90. The summed E-state index contributed by atoms with van der Waals surface area (Å²) in [7, 11) is -4.93. The molecule has 0 amide bonds. The standard InChI is InChI=1S/C34H11O8P/c1-3-5-7-9-11-13-14-15-16-17-18-19-21-23-25-27-29-34(36)42-32(31-41-43(37,38)39)30-40-33(35)28-26-24-22-20-12-10-8-6-4-2/h1,32H,30-31H2,2H3,(H2,37,38,39)/t32-/m1/s1. The van der Waals surface area contributed by atoms with Crippen LogP contribution in [0, 0.1) is 166 Å². The van der Waals surface area contributed by atoms with Crippen molar-refractivity contribution in [2.24, 2.45) is 0 Å². The molecule has 0 rings (SSSR count). The Balaban J connectivity index is 5.03. The molecule has 0 heterocycles. The molecule has 2 N–H and O–H groups in total. The summed E-state index contributed by atoms with van der Waals surface area (Å²) < 4.78 is 24.9. The second kappa shape index (κ2) is 25.2. The van der Waals surface area contributed by atoms with E-state index < -0.39 is 39.1 Å². The fraction of sp³-hybridized carbons (Fsp3) is 0.118. The zero-order valence-electron chi connectivity index (χ0n) is 21.9. The van der Waals surface area contributed by atoms with Crippen molar-refractivity contribution in [2.45, 2.75) is 13.0 Å². The molecule has 0 radical (unpaired) electrons. The number of carbonyl (C=O) groups excluding carboxylic acids is 2. The van der Waals surface area contributed by atoms with E-state index in [1.54, 1.807) is 6.92 Å². The Morgan fingerprint density at radius 1 is 0.605 bits per heavy atom. The first-order valence-electron chi connectivity index (χ1n) is 10.7. The molecule has 9 heteroatoms. The van der Waals surface area contributed by atoms with Crippen LogP contribution in [0.3, 0.4) is 0 Å². The van der Waals surface area contributed by atoms with E-state index in [1.807, 2.05) is 11.8 Å². The number of phosphoric ester groups is 1. The molecular weight excluding hydrogens is 567 g/mol. The zero-order chi connectivity index (χ0) is 31.9. The molecule has 0 fully saturated rings. The van der Waals surface area contributed by atoms with Gasteiger partial charge in [0, 0.05) is 11.8 Å². The van der Waals surface area contributed by atoms with E-state index in [-0.39, 0.29) is 0 Å². The Morgan fingerprint density at radius 3 is 1.37 bits per heavy atom. The Bertz CT molecular complexity index is 2040. The third kappa shape index (κ3) is 27.7. The number of phosphoric acid groups is 1. The largest absolute Gasteiger partial charge is 0.469 e. The van der Waals surface area contributed by atoms with Gasteiger partial charge in [-0.3, -0.25) is 4.52 Å². The van der Waals surface area contributed by atoms with Crippen LogP contribution in [0.1, 0.15) is 6.92 Å². The minimum Gasteiger partial charge on any atom is -0.452 e. The van der Waals surface area contributed by atoms with Gasteiger partial charge in [-0.15, -0.1) is 6.42 Å². The molecular formula is C34H11O8P. The minimum atomic E-state index is -4.93. The van der Waals surface area contributed by atoms with Crippen LogP contribution in [-0.2, 0) is 28.2 Å². The number of terminal acetylenes is 1. The second-order valence-corrected chi connectivity index (χ2v) is 7.17. The summed E-state index contributed by atoms with van der Waals surface area (Å²) in [5, 5.41) is 0. The Kier molecular flexibility index (Phi) is 21.0. The van der Waals surface area contributed by atoms with E-state index in [0.717, 1.165) is 0 Å². The van der Waals surface area contributed by atoms with Crippen LogP contribution < -0.4 is 0 Å². The first-order chi connectivity index (χ1) is 20.8. The SMILES string of the molecule is C#CC#CC#CC#CC#CC#CC#CC#CC#CC(=O)O[C@H](COC(=O)C#CC#CC#CC#CC#CC)COP(=O)(O)O. The van der Waals surface area contributed by atoms with Crippen molar-refractivity contribution >= 4 is 19.8 Å². The van der Waals surface area contributed by atoms with Crippen LogP contribution in [0.4, 0.5) is 0 Å². The smallest absolute Gasteiger partial charge is 0.452 e. The normalized spacial score (nSPS) is 7.30. The molecule has 0 spiro atoms. The van der Waals surface area contributed by atoms with Gasteiger partial charge in [-0.25, -0.2) is 14.2 Å². The van der Waals surface area contributed by atoms with Crippen LogP contribution in [0.15, 0.2) is 0 Å². The lowest BCUT2D eigenvalue weighted by atomic mass is 10.4. The summed E-state index contributed by atoms with van der Waals surface area (Å²) in [6.07, 6.45) is 3.48.